The smallest absolute Gasteiger partial charge is 0.410 e. The number of esters is 1. The van der Waals surface area contributed by atoms with Gasteiger partial charge in [0.05, 0.1) is 44.4 Å². The number of methoxy groups -OCH3 is 2. The van der Waals surface area contributed by atoms with Crippen LogP contribution < -0.4 is 0 Å². The average Bonchev–Trinajstić information content (AvgIpc) is 3.01. The summed E-state index contributed by atoms with van der Waals surface area (Å²) in [6.45, 7) is 6.61. The van der Waals surface area contributed by atoms with Crippen molar-refractivity contribution in [3.63, 3.8) is 0 Å². The number of carbonyl (C=O) groups is 2. The van der Waals surface area contributed by atoms with Crippen LogP contribution in [0.25, 0.3) is 0 Å². The van der Waals surface area contributed by atoms with Crippen LogP contribution in [0.2, 0.25) is 0 Å². The lowest BCUT2D eigenvalue weighted by Gasteiger charge is -2.33. The molecule has 1 saturated heterocycles. The third kappa shape index (κ3) is 6.35. The summed E-state index contributed by atoms with van der Waals surface area (Å²) in [5.74, 6) is -0.131. The van der Waals surface area contributed by atoms with Gasteiger partial charge in [-0.1, -0.05) is 0 Å². The fourth-order valence-corrected chi connectivity index (χ4v) is 3.97. The standard InChI is InChI=1S/C20H35NO6/c1-20(2,3)27-19(23)21-15(12-24-4)8-9-16(21)13-26-17-10-6-14(7-11-17)18(22)25-5/h14-17H,6-13H2,1-5H3/t14-,15-,16-,17-/m0/s1. The molecule has 1 saturated carbocycles. The topological polar surface area (TPSA) is 74.3 Å². The van der Waals surface area contributed by atoms with Gasteiger partial charge >= 0.3 is 12.1 Å². The molecular weight excluding hydrogens is 350 g/mol. The molecular formula is C20H35NO6. The maximum atomic E-state index is 12.7. The van der Waals surface area contributed by atoms with Crippen molar-refractivity contribution in [3.05, 3.63) is 0 Å². The van der Waals surface area contributed by atoms with Crippen molar-refractivity contribution < 1.29 is 28.5 Å². The first kappa shape index (κ1) is 22.0. The van der Waals surface area contributed by atoms with Gasteiger partial charge in [-0.2, -0.15) is 0 Å². The molecule has 2 atom stereocenters. The van der Waals surface area contributed by atoms with Crippen LogP contribution in [0.3, 0.4) is 0 Å². The van der Waals surface area contributed by atoms with Gasteiger partial charge in [0.1, 0.15) is 5.60 Å². The van der Waals surface area contributed by atoms with Gasteiger partial charge in [0, 0.05) is 7.11 Å². The Balaban J connectivity index is 1.88. The van der Waals surface area contributed by atoms with Crippen molar-refractivity contribution in [2.75, 3.05) is 27.4 Å². The lowest BCUT2D eigenvalue weighted by Crippen LogP contribution is -2.47. The summed E-state index contributed by atoms with van der Waals surface area (Å²) in [5.41, 5.74) is -0.533. The zero-order valence-corrected chi connectivity index (χ0v) is 17.4. The SMILES string of the molecule is COC[C@@H]1CC[C@@H](CO[C@H]2CC[C@H](C(=O)OC)CC2)N1C(=O)OC(C)(C)C. The van der Waals surface area contributed by atoms with E-state index in [9.17, 15) is 9.59 Å². The highest BCUT2D eigenvalue weighted by Gasteiger charge is 2.40. The molecule has 2 aliphatic rings. The maximum Gasteiger partial charge on any atom is 0.410 e. The Morgan fingerprint density at radius 3 is 2.04 bits per heavy atom. The van der Waals surface area contributed by atoms with Gasteiger partial charge in [0.25, 0.3) is 0 Å². The summed E-state index contributed by atoms with van der Waals surface area (Å²) in [4.78, 5) is 26.1. The monoisotopic (exact) mass is 385 g/mol. The Morgan fingerprint density at radius 2 is 1.52 bits per heavy atom. The molecule has 156 valence electrons. The molecule has 1 amide bonds. The highest BCUT2D eigenvalue weighted by molar-refractivity contribution is 5.72. The van der Waals surface area contributed by atoms with Gasteiger partial charge in [0.2, 0.25) is 0 Å². The zero-order chi connectivity index (χ0) is 20.0. The number of carbonyl (C=O) groups excluding carboxylic acids is 2. The maximum absolute atomic E-state index is 12.7. The molecule has 2 fully saturated rings. The lowest BCUT2D eigenvalue weighted by molar-refractivity contribution is -0.147. The van der Waals surface area contributed by atoms with Gasteiger partial charge in [-0.15, -0.1) is 0 Å². The molecule has 0 N–H and O–H groups in total. The van der Waals surface area contributed by atoms with E-state index in [1.54, 1.807) is 12.0 Å². The van der Waals surface area contributed by atoms with Crippen molar-refractivity contribution in [1.29, 1.82) is 0 Å². The number of hydrogen-bond acceptors (Lipinski definition) is 6. The van der Waals surface area contributed by atoms with Crippen molar-refractivity contribution in [3.8, 4) is 0 Å². The predicted octanol–water partition coefficient (Wildman–Crippen LogP) is 3.15. The third-order valence-electron chi connectivity index (χ3n) is 5.32. The normalized spacial score (nSPS) is 28.9. The second-order valence-corrected chi connectivity index (χ2v) is 8.56. The average molecular weight is 386 g/mol. The van der Waals surface area contributed by atoms with E-state index in [0.29, 0.717) is 13.2 Å². The van der Waals surface area contributed by atoms with E-state index in [1.165, 1.54) is 7.11 Å². The van der Waals surface area contributed by atoms with E-state index in [-0.39, 0.29) is 36.2 Å². The van der Waals surface area contributed by atoms with Crippen LogP contribution in [0.5, 0.6) is 0 Å². The van der Waals surface area contributed by atoms with Crippen molar-refractivity contribution >= 4 is 12.1 Å². The lowest BCUT2D eigenvalue weighted by atomic mass is 9.87. The van der Waals surface area contributed by atoms with Gasteiger partial charge in [0.15, 0.2) is 0 Å². The second-order valence-electron chi connectivity index (χ2n) is 8.56. The van der Waals surface area contributed by atoms with Gasteiger partial charge in [-0.3, -0.25) is 9.69 Å². The molecule has 1 aliphatic heterocycles. The summed E-state index contributed by atoms with van der Waals surface area (Å²) in [5, 5.41) is 0. The summed E-state index contributed by atoms with van der Waals surface area (Å²) in [6.07, 6.45) is 4.88. The highest BCUT2D eigenvalue weighted by atomic mass is 16.6. The second kappa shape index (κ2) is 9.73. The summed E-state index contributed by atoms with van der Waals surface area (Å²) < 4.78 is 21.8. The van der Waals surface area contributed by atoms with E-state index >= 15 is 0 Å². The summed E-state index contributed by atoms with van der Waals surface area (Å²) in [6, 6.07) is 0.0202. The first-order chi connectivity index (χ1) is 12.7. The van der Waals surface area contributed by atoms with E-state index < -0.39 is 5.60 Å². The van der Waals surface area contributed by atoms with Crippen molar-refractivity contribution in [2.24, 2.45) is 5.92 Å². The Hall–Kier alpha value is -1.34. The van der Waals surface area contributed by atoms with Crippen LogP contribution in [-0.4, -0.2) is 68.2 Å². The number of nitrogens with zero attached hydrogens (tertiary/aromatic N) is 1. The van der Waals surface area contributed by atoms with E-state index in [1.807, 2.05) is 20.8 Å². The number of likely N-dealkylation sites (tertiary alicyclic amines) is 1. The molecule has 27 heavy (non-hydrogen) atoms. The molecule has 2 rings (SSSR count). The van der Waals surface area contributed by atoms with Crippen LogP contribution in [-0.2, 0) is 23.7 Å². The molecule has 7 heteroatoms. The minimum atomic E-state index is -0.533. The van der Waals surface area contributed by atoms with E-state index in [2.05, 4.69) is 0 Å². The van der Waals surface area contributed by atoms with Crippen LogP contribution in [0.1, 0.15) is 59.3 Å². The quantitative estimate of drug-likeness (QED) is 0.654. The molecule has 0 bridgehead atoms. The number of hydrogen-bond donors (Lipinski definition) is 0. The Morgan fingerprint density at radius 1 is 0.926 bits per heavy atom. The van der Waals surface area contributed by atoms with Crippen LogP contribution in [0.15, 0.2) is 0 Å². The fourth-order valence-electron chi connectivity index (χ4n) is 3.97. The largest absolute Gasteiger partial charge is 0.469 e. The predicted molar refractivity (Wildman–Crippen MR) is 100 cm³/mol. The molecule has 0 aromatic rings. The summed E-state index contributed by atoms with van der Waals surface area (Å²) in [7, 11) is 3.09. The van der Waals surface area contributed by atoms with Gasteiger partial charge in [-0.05, 0) is 59.3 Å². The number of amides is 1. The minimum absolute atomic E-state index is 0.00155. The Bertz CT molecular complexity index is 495. The molecule has 0 aromatic heterocycles. The van der Waals surface area contributed by atoms with Crippen LogP contribution >= 0.6 is 0 Å². The first-order valence-electron chi connectivity index (χ1n) is 9.94. The Labute approximate surface area is 162 Å². The van der Waals surface area contributed by atoms with E-state index in [0.717, 1.165) is 38.5 Å². The molecule has 0 unspecified atom stereocenters. The molecule has 0 spiro atoms. The molecule has 0 radical (unpaired) electrons. The minimum Gasteiger partial charge on any atom is -0.469 e. The van der Waals surface area contributed by atoms with Gasteiger partial charge < -0.3 is 18.9 Å². The molecule has 7 nitrogen and oxygen atoms in total. The Kier molecular flexibility index (Phi) is 7.91. The number of rotatable bonds is 6. The molecule has 1 heterocycles. The van der Waals surface area contributed by atoms with Crippen LogP contribution in [0.4, 0.5) is 4.79 Å². The fraction of sp³-hybridized carbons (Fsp3) is 0.900. The van der Waals surface area contributed by atoms with Gasteiger partial charge in [-0.25, -0.2) is 4.79 Å². The highest BCUT2D eigenvalue weighted by Crippen LogP contribution is 2.30. The van der Waals surface area contributed by atoms with Crippen LogP contribution in [0, 0.1) is 5.92 Å². The number of ether oxygens (including phenoxy) is 4. The molecule has 1 aliphatic carbocycles. The van der Waals surface area contributed by atoms with Crippen molar-refractivity contribution in [1.82, 2.24) is 4.90 Å². The molecule has 0 aromatic carbocycles. The summed E-state index contributed by atoms with van der Waals surface area (Å²) >= 11 is 0. The van der Waals surface area contributed by atoms with E-state index in [4.69, 9.17) is 18.9 Å². The zero-order valence-electron chi connectivity index (χ0n) is 17.4. The first-order valence-corrected chi connectivity index (χ1v) is 9.94. The van der Waals surface area contributed by atoms with Crippen molar-refractivity contribution in [2.45, 2.75) is 83.1 Å². The third-order valence-corrected chi connectivity index (χ3v) is 5.32.